The number of halogens is 3. The minimum absolute atomic E-state index is 0.0884. The Morgan fingerprint density at radius 3 is 2.25 bits per heavy atom. The van der Waals surface area contributed by atoms with E-state index in [1.165, 1.54) is 36.4 Å². The monoisotopic (exact) mass is 339 g/mol. The van der Waals surface area contributed by atoms with E-state index in [9.17, 15) is 18.0 Å². The van der Waals surface area contributed by atoms with Crippen molar-refractivity contribution in [3.8, 4) is 11.5 Å². The lowest BCUT2D eigenvalue weighted by molar-refractivity contribution is -0.123. The summed E-state index contributed by atoms with van der Waals surface area (Å²) in [6.07, 6.45) is 0.539. The molecule has 0 saturated heterocycles. The maximum Gasteiger partial charge on any atom is 0.387 e. The molecule has 0 unspecified atom stereocenters. The van der Waals surface area contributed by atoms with Crippen molar-refractivity contribution in [2.24, 2.45) is 0 Å². The van der Waals surface area contributed by atoms with Gasteiger partial charge >= 0.3 is 6.61 Å². The van der Waals surface area contributed by atoms with E-state index in [1.54, 1.807) is 12.1 Å². The number of hydrogen-bond donors (Lipinski definition) is 1. The van der Waals surface area contributed by atoms with Crippen LogP contribution in [0, 0.1) is 5.82 Å². The molecule has 0 aliphatic rings. The Bertz CT molecular complexity index is 645. The van der Waals surface area contributed by atoms with Crippen molar-refractivity contribution < 1.29 is 27.4 Å². The molecule has 0 aliphatic carbocycles. The van der Waals surface area contributed by atoms with Crippen molar-refractivity contribution in [1.82, 2.24) is 5.32 Å². The van der Waals surface area contributed by atoms with Gasteiger partial charge in [0.15, 0.2) is 6.61 Å². The van der Waals surface area contributed by atoms with Crippen LogP contribution in [0.25, 0.3) is 0 Å². The maximum absolute atomic E-state index is 12.7. The summed E-state index contributed by atoms with van der Waals surface area (Å²) in [5.74, 6) is -0.194. The van der Waals surface area contributed by atoms with Crippen molar-refractivity contribution in [3.05, 3.63) is 59.9 Å². The summed E-state index contributed by atoms with van der Waals surface area (Å²) in [7, 11) is 0. The van der Waals surface area contributed by atoms with Gasteiger partial charge in [0.1, 0.15) is 17.3 Å². The topological polar surface area (TPSA) is 47.6 Å². The lowest BCUT2D eigenvalue weighted by Crippen LogP contribution is -2.30. The first-order chi connectivity index (χ1) is 11.5. The molecule has 0 heterocycles. The SMILES string of the molecule is O=C(COc1ccc(F)cc1)NCCc1ccc(OC(F)F)cc1. The molecule has 24 heavy (non-hydrogen) atoms. The van der Waals surface area contributed by atoms with Gasteiger partial charge in [0.25, 0.3) is 5.91 Å². The lowest BCUT2D eigenvalue weighted by atomic mass is 10.1. The summed E-state index contributed by atoms with van der Waals surface area (Å²) in [4.78, 5) is 11.6. The smallest absolute Gasteiger partial charge is 0.387 e. The van der Waals surface area contributed by atoms with E-state index in [2.05, 4.69) is 10.1 Å². The van der Waals surface area contributed by atoms with Gasteiger partial charge < -0.3 is 14.8 Å². The quantitative estimate of drug-likeness (QED) is 0.804. The Morgan fingerprint density at radius 2 is 1.62 bits per heavy atom. The number of carbonyl (C=O) groups excluding carboxylic acids is 1. The summed E-state index contributed by atoms with van der Waals surface area (Å²) >= 11 is 0. The maximum atomic E-state index is 12.7. The zero-order valence-electron chi connectivity index (χ0n) is 12.7. The van der Waals surface area contributed by atoms with Gasteiger partial charge in [-0.1, -0.05) is 12.1 Å². The summed E-state index contributed by atoms with van der Waals surface area (Å²) in [5, 5.41) is 2.67. The molecular weight excluding hydrogens is 323 g/mol. The standard InChI is InChI=1S/C17H16F3NO3/c18-13-3-7-14(8-4-13)23-11-16(22)21-10-9-12-1-5-15(6-2-12)24-17(19)20/h1-8,17H,9-11H2,(H,21,22). The molecule has 2 aromatic rings. The molecular formula is C17H16F3NO3. The summed E-state index contributed by atoms with van der Waals surface area (Å²) in [6.45, 7) is -2.65. The van der Waals surface area contributed by atoms with Gasteiger partial charge in [0.05, 0.1) is 0 Å². The van der Waals surface area contributed by atoms with Crippen LogP contribution >= 0.6 is 0 Å². The first-order valence-corrected chi connectivity index (χ1v) is 7.22. The first kappa shape index (κ1) is 17.7. The van der Waals surface area contributed by atoms with E-state index in [1.807, 2.05) is 0 Å². The fourth-order valence-electron chi connectivity index (χ4n) is 1.91. The average Bonchev–Trinajstić information content (AvgIpc) is 2.55. The highest BCUT2D eigenvalue weighted by atomic mass is 19.3. The molecule has 2 aromatic carbocycles. The normalized spacial score (nSPS) is 10.5. The van der Waals surface area contributed by atoms with Crippen LogP contribution in [-0.2, 0) is 11.2 Å². The number of alkyl halides is 2. The van der Waals surface area contributed by atoms with Crippen LogP contribution in [0.1, 0.15) is 5.56 Å². The minimum atomic E-state index is -2.85. The minimum Gasteiger partial charge on any atom is -0.484 e. The van der Waals surface area contributed by atoms with E-state index < -0.39 is 6.61 Å². The van der Waals surface area contributed by atoms with E-state index in [0.717, 1.165) is 5.56 Å². The van der Waals surface area contributed by atoms with Crippen molar-refractivity contribution in [2.45, 2.75) is 13.0 Å². The van der Waals surface area contributed by atoms with E-state index in [-0.39, 0.29) is 24.1 Å². The van der Waals surface area contributed by atoms with Gasteiger partial charge in [-0.25, -0.2) is 4.39 Å². The summed E-state index contributed by atoms with van der Waals surface area (Å²) in [6, 6.07) is 11.6. The van der Waals surface area contributed by atoms with Crippen molar-refractivity contribution in [1.29, 1.82) is 0 Å². The lowest BCUT2D eigenvalue weighted by Gasteiger charge is -2.08. The molecule has 0 aliphatic heterocycles. The number of amides is 1. The molecule has 0 fully saturated rings. The molecule has 7 heteroatoms. The van der Waals surface area contributed by atoms with Gasteiger partial charge in [-0.05, 0) is 48.4 Å². The summed E-state index contributed by atoms with van der Waals surface area (Å²) in [5.41, 5.74) is 0.872. The molecule has 1 N–H and O–H groups in total. The highest BCUT2D eigenvalue weighted by Gasteiger charge is 2.05. The van der Waals surface area contributed by atoms with Gasteiger partial charge in [-0.2, -0.15) is 8.78 Å². The predicted molar refractivity (Wildman–Crippen MR) is 81.7 cm³/mol. The molecule has 0 atom stereocenters. The van der Waals surface area contributed by atoms with Crippen LogP contribution < -0.4 is 14.8 Å². The van der Waals surface area contributed by atoms with Crippen molar-refractivity contribution >= 4 is 5.91 Å². The summed E-state index contributed by atoms with van der Waals surface area (Å²) < 4.78 is 46.2. The second kappa shape index (κ2) is 8.81. The van der Waals surface area contributed by atoms with Gasteiger partial charge in [0.2, 0.25) is 0 Å². The number of ether oxygens (including phenoxy) is 2. The Kier molecular flexibility index (Phi) is 6.48. The van der Waals surface area contributed by atoms with E-state index in [4.69, 9.17) is 4.74 Å². The number of nitrogens with one attached hydrogen (secondary N) is 1. The Balaban J connectivity index is 1.67. The molecule has 0 saturated carbocycles. The molecule has 0 bridgehead atoms. The van der Waals surface area contributed by atoms with Crippen LogP contribution in [0.15, 0.2) is 48.5 Å². The van der Waals surface area contributed by atoms with E-state index in [0.29, 0.717) is 18.7 Å². The number of rotatable bonds is 8. The Labute approximate surface area is 137 Å². The van der Waals surface area contributed by atoms with Crippen LogP contribution in [0.3, 0.4) is 0 Å². The highest BCUT2D eigenvalue weighted by Crippen LogP contribution is 2.15. The highest BCUT2D eigenvalue weighted by molar-refractivity contribution is 5.77. The Hall–Kier alpha value is -2.70. The third-order valence-corrected chi connectivity index (χ3v) is 3.07. The van der Waals surface area contributed by atoms with Gasteiger partial charge in [-0.15, -0.1) is 0 Å². The third-order valence-electron chi connectivity index (χ3n) is 3.07. The zero-order valence-corrected chi connectivity index (χ0v) is 12.7. The molecule has 1 amide bonds. The first-order valence-electron chi connectivity index (χ1n) is 7.22. The second-order valence-electron chi connectivity index (χ2n) is 4.87. The molecule has 0 aromatic heterocycles. The number of benzene rings is 2. The molecule has 2 rings (SSSR count). The molecule has 4 nitrogen and oxygen atoms in total. The fourth-order valence-corrected chi connectivity index (χ4v) is 1.91. The van der Waals surface area contributed by atoms with Crippen molar-refractivity contribution in [2.75, 3.05) is 13.2 Å². The molecule has 128 valence electrons. The van der Waals surface area contributed by atoms with Gasteiger partial charge in [-0.3, -0.25) is 4.79 Å². The fraction of sp³-hybridized carbons (Fsp3) is 0.235. The average molecular weight is 339 g/mol. The largest absolute Gasteiger partial charge is 0.484 e. The molecule has 0 radical (unpaired) electrons. The third kappa shape index (κ3) is 6.20. The van der Waals surface area contributed by atoms with Crippen LogP contribution in [-0.4, -0.2) is 25.7 Å². The molecule has 0 spiro atoms. The van der Waals surface area contributed by atoms with Crippen molar-refractivity contribution in [3.63, 3.8) is 0 Å². The predicted octanol–water partition coefficient (Wildman–Crippen LogP) is 3.16. The number of carbonyl (C=O) groups is 1. The van der Waals surface area contributed by atoms with Gasteiger partial charge in [0, 0.05) is 6.54 Å². The van der Waals surface area contributed by atoms with E-state index >= 15 is 0 Å². The zero-order chi connectivity index (χ0) is 17.4. The Morgan fingerprint density at radius 1 is 1.00 bits per heavy atom. The number of hydrogen-bond acceptors (Lipinski definition) is 3. The van der Waals surface area contributed by atoms with Crippen LogP contribution in [0.2, 0.25) is 0 Å². The van der Waals surface area contributed by atoms with Crippen LogP contribution in [0.4, 0.5) is 13.2 Å². The second-order valence-corrected chi connectivity index (χ2v) is 4.87. The van der Waals surface area contributed by atoms with Crippen LogP contribution in [0.5, 0.6) is 11.5 Å².